The lowest BCUT2D eigenvalue weighted by molar-refractivity contribution is 0.200. The molecule has 2 rings (SSSR count). The first-order chi connectivity index (χ1) is 7.66. The van der Waals surface area contributed by atoms with E-state index in [-0.39, 0.29) is 0 Å². The van der Waals surface area contributed by atoms with Crippen molar-refractivity contribution in [1.29, 1.82) is 0 Å². The van der Waals surface area contributed by atoms with E-state index in [4.69, 9.17) is 23.2 Å². The van der Waals surface area contributed by atoms with Crippen molar-refractivity contribution in [2.24, 2.45) is 0 Å². The van der Waals surface area contributed by atoms with Gasteiger partial charge in [-0.3, -0.25) is 4.90 Å². The number of nitrogens with one attached hydrogen (secondary N) is 1. The van der Waals surface area contributed by atoms with Crippen LogP contribution in [-0.4, -0.2) is 30.6 Å². The second kappa shape index (κ2) is 5.37. The molecule has 0 saturated carbocycles. The monoisotopic (exact) mass is 258 g/mol. The van der Waals surface area contributed by atoms with E-state index in [1.54, 1.807) is 0 Å². The van der Waals surface area contributed by atoms with Gasteiger partial charge in [0.25, 0.3) is 0 Å². The van der Waals surface area contributed by atoms with Gasteiger partial charge in [0.2, 0.25) is 0 Å². The quantitative estimate of drug-likeness (QED) is 0.878. The fraction of sp³-hybridized carbons (Fsp3) is 0.500. The third-order valence-corrected chi connectivity index (χ3v) is 3.60. The van der Waals surface area contributed by atoms with Crippen LogP contribution in [0.15, 0.2) is 18.2 Å². The number of halogens is 2. The van der Waals surface area contributed by atoms with E-state index < -0.39 is 0 Å². The molecule has 0 radical (unpaired) electrons. The predicted octanol–water partition coefficient (Wildman–Crippen LogP) is 2.79. The SMILES string of the molecule is CC1CN(Cc2c(Cl)cccc2Cl)CCN1. The van der Waals surface area contributed by atoms with E-state index in [9.17, 15) is 0 Å². The highest BCUT2D eigenvalue weighted by molar-refractivity contribution is 6.35. The molecule has 1 aliphatic heterocycles. The number of benzene rings is 1. The fourth-order valence-electron chi connectivity index (χ4n) is 2.06. The minimum absolute atomic E-state index is 0.537. The van der Waals surface area contributed by atoms with Gasteiger partial charge in [-0.2, -0.15) is 0 Å². The van der Waals surface area contributed by atoms with Crippen molar-refractivity contribution in [2.45, 2.75) is 19.5 Å². The molecule has 1 heterocycles. The van der Waals surface area contributed by atoms with Crippen molar-refractivity contribution < 1.29 is 0 Å². The third kappa shape index (κ3) is 2.89. The van der Waals surface area contributed by atoms with E-state index in [1.807, 2.05) is 18.2 Å². The summed E-state index contributed by atoms with van der Waals surface area (Å²) in [4.78, 5) is 2.38. The zero-order chi connectivity index (χ0) is 11.5. The zero-order valence-electron chi connectivity index (χ0n) is 9.34. The molecular formula is C12H16Cl2N2. The molecule has 16 heavy (non-hydrogen) atoms. The molecule has 1 aromatic rings. The van der Waals surface area contributed by atoms with Crippen molar-refractivity contribution >= 4 is 23.2 Å². The maximum atomic E-state index is 6.16. The van der Waals surface area contributed by atoms with Gasteiger partial charge in [-0.25, -0.2) is 0 Å². The van der Waals surface area contributed by atoms with E-state index in [2.05, 4.69) is 17.1 Å². The van der Waals surface area contributed by atoms with Gasteiger partial charge in [-0.05, 0) is 19.1 Å². The van der Waals surface area contributed by atoms with Crippen molar-refractivity contribution in [3.8, 4) is 0 Å². The molecule has 0 bridgehead atoms. The van der Waals surface area contributed by atoms with Crippen LogP contribution in [0.4, 0.5) is 0 Å². The summed E-state index contributed by atoms with van der Waals surface area (Å²) in [6.07, 6.45) is 0. The Labute approximate surface area is 107 Å². The number of rotatable bonds is 2. The molecule has 0 amide bonds. The first kappa shape index (κ1) is 12.2. The first-order valence-electron chi connectivity index (χ1n) is 5.55. The van der Waals surface area contributed by atoms with E-state index in [0.29, 0.717) is 6.04 Å². The molecule has 1 unspecified atom stereocenters. The van der Waals surface area contributed by atoms with Crippen LogP contribution in [0, 0.1) is 0 Å². The summed E-state index contributed by atoms with van der Waals surface area (Å²) >= 11 is 12.3. The van der Waals surface area contributed by atoms with Crippen LogP contribution in [-0.2, 0) is 6.54 Å². The molecule has 1 aromatic carbocycles. The van der Waals surface area contributed by atoms with Gasteiger partial charge in [0.1, 0.15) is 0 Å². The fourth-order valence-corrected chi connectivity index (χ4v) is 2.58. The Bertz CT molecular complexity index is 348. The highest BCUT2D eigenvalue weighted by atomic mass is 35.5. The number of hydrogen-bond acceptors (Lipinski definition) is 2. The van der Waals surface area contributed by atoms with Gasteiger partial charge in [0.15, 0.2) is 0 Å². The van der Waals surface area contributed by atoms with Crippen molar-refractivity contribution in [2.75, 3.05) is 19.6 Å². The summed E-state index contributed by atoms with van der Waals surface area (Å²) in [5.74, 6) is 0. The number of piperazine rings is 1. The van der Waals surface area contributed by atoms with Crippen LogP contribution in [0.3, 0.4) is 0 Å². The van der Waals surface area contributed by atoms with Crippen molar-refractivity contribution in [3.63, 3.8) is 0 Å². The predicted molar refractivity (Wildman–Crippen MR) is 69.2 cm³/mol. The summed E-state index contributed by atoms with van der Waals surface area (Å²) in [6.45, 7) is 6.15. The van der Waals surface area contributed by atoms with Crippen LogP contribution in [0.1, 0.15) is 12.5 Å². The second-order valence-corrected chi connectivity index (χ2v) is 5.10. The maximum Gasteiger partial charge on any atom is 0.0465 e. The summed E-state index contributed by atoms with van der Waals surface area (Å²) in [6, 6.07) is 6.21. The first-order valence-corrected chi connectivity index (χ1v) is 6.31. The van der Waals surface area contributed by atoms with Gasteiger partial charge in [0.05, 0.1) is 0 Å². The average Bonchev–Trinajstić information content (AvgIpc) is 2.24. The summed E-state index contributed by atoms with van der Waals surface area (Å²) in [5, 5.41) is 4.94. The van der Waals surface area contributed by atoms with E-state index >= 15 is 0 Å². The smallest absolute Gasteiger partial charge is 0.0465 e. The molecule has 2 nitrogen and oxygen atoms in total. The van der Waals surface area contributed by atoms with Crippen molar-refractivity contribution in [3.05, 3.63) is 33.8 Å². The standard InChI is InChI=1S/C12H16Cl2N2/c1-9-7-16(6-5-15-9)8-10-11(13)3-2-4-12(10)14/h2-4,9,15H,5-8H2,1H3. The topological polar surface area (TPSA) is 15.3 Å². The van der Waals surface area contributed by atoms with Crippen LogP contribution < -0.4 is 5.32 Å². The summed E-state index contributed by atoms with van der Waals surface area (Å²) in [5.41, 5.74) is 1.04. The Morgan fingerprint density at radius 2 is 2.06 bits per heavy atom. The molecule has 0 aromatic heterocycles. The van der Waals surface area contributed by atoms with Crippen LogP contribution in [0.25, 0.3) is 0 Å². The Morgan fingerprint density at radius 3 is 2.69 bits per heavy atom. The Balaban J connectivity index is 2.08. The molecule has 88 valence electrons. The summed E-state index contributed by atoms with van der Waals surface area (Å²) < 4.78 is 0. The molecule has 1 fully saturated rings. The highest BCUT2D eigenvalue weighted by Crippen LogP contribution is 2.25. The van der Waals surface area contributed by atoms with E-state index in [0.717, 1.165) is 41.8 Å². The molecule has 4 heteroatoms. The maximum absolute atomic E-state index is 6.16. The molecule has 1 aliphatic rings. The second-order valence-electron chi connectivity index (χ2n) is 4.29. The van der Waals surface area contributed by atoms with Crippen LogP contribution in [0.5, 0.6) is 0 Å². The minimum Gasteiger partial charge on any atom is -0.312 e. The van der Waals surface area contributed by atoms with Gasteiger partial charge >= 0.3 is 0 Å². The largest absolute Gasteiger partial charge is 0.312 e. The normalized spacial score (nSPS) is 22.3. The van der Waals surface area contributed by atoms with Crippen LogP contribution >= 0.6 is 23.2 Å². The Hall–Kier alpha value is -0.280. The van der Waals surface area contributed by atoms with E-state index in [1.165, 1.54) is 0 Å². The van der Waals surface area contributed by atoms with Crippen molar-refractivity contribution in [1.82, 2.24) is 10.2 Å². The minimum atomic E-state index is 0.537. The third-order valence-electron chi connectivity index (χ3n) is 2.90. The Kier molecular flexibility index (Phi) is 4.09. The molecule has 0 spiro atoms. The molecule has 1 saturated heterocycles. The van der Waals surface area contributed by atoms with Crippen LogP contribution in [0.2, 0.25) is 10.0 Å². The lowest BCUT2D eigenvalue weighted by atomic mass is 10.1. The number of hydrogen-bond donors (Lipinski definition) is 1. The van der Waals surface area contributed by atoms with Gasteiger partial charge in [-0.15, -0.1) is 0 Å². The van der Waals surface area contributed by atoms with Gasteiger partial charge in [0, 0.05) is 47.8 Å². The summed E-state index contributed by atoms with van der Waals surface area (Å²) in [7, 11) is 0. The zero-order valence-corrected chi connectivity index (χ0v) is 10.9. The highest BCUT2D eigenvalue weighted by Gasteiger charge is 2.17. The number of nitrogens with zero attached hydrogens (tertiary/aromatic N) is 1. The molecule has 1 atom stereocenters. The molecule has 1 N–H and O–H groups in total. The average molecular weight is 259 g/mol. The van der Waals surface area contributed by atoms with Gasteiger partial charge in [-0.1, -0.05) is 29.3 Å². The molecule has 0 aliphatic carbocycles. The lowest BCUT2D eigenvalue weighted by Gasteiger charge is -2.32. The molecular weight excluding hydrogens is 243 g/mol. The van der Waals surface area contributed by atoms with Gasteiger partial charge < -0.3 is 5.32 Å². The Morgan fingerprint density at radius 1 is 1.38 bits per heavy atom. The lowest BCUT2D eigenvalue weighted by Crippen LogP contribution is -2.48.